The average Bonchev–Trinajstić information content (AvgIpc) is 2.44. The van der Waals surface area contributed by atoms with Crippen LogP contribution in [-0.4, -0.2) is 32.7 Å². The zero-order chi connectivity index (χ0) is 16.0. The Balaban J connectivity index is 2.81. The summed E-state index contributed by atoms with van der Waals surface area (Å²) in [5.74, 6) is -0.514. The van der Waals surface area contributed by atoms with Gasteiger partial charge in [-0.3, -0.25) is 9.59 Å². The fourth-order valence-electron chi connectivity index (χ4n) is 1.62. The topological polar surface area (TPSA) is 92.3 Å². The van der Waals surface area contributed by atoms with Crippen LogP contribution in [0.4, 0.5) is 0 Å². The third kappa shape index (κ3) is 4.95. The number of hydrogen-bond acceptors (Lipinski definition) is 4. The van der Waals surface area contributed by atoms with Crippen LogP contribution in [0.5, 0.6) is 0 Å². The maximum absolute atomic E-state index is 12.1. The summed E-state index contributed by atoms with van der Waals surface area (Å²) in [6.07, 6.45) is 0.776. The van der Waals surface area contributed by atoms with Crippen molar-refractivity contribution in [1.29, 1.82) is 0 Å². The van der Waals surface area contributed by atoms with Crippen LogP contribution < -0.4 is 10.0 Å². The number of hydrogen-bond donors (Lipinski definition) is 2. The summed E-state index contributed by atoms with van der Waals surface area (Å²) in [7, 11) is -3.79. The predicted octanol–water partition coefficient (Wildman–Crippen LogP) is 1.08. The van der Waals surface area contributed by atoms with Gasteiger partial charge >= 0.3 is 0 Å². The van der Waals surface area contributed by atoms with E-state index in [1.54, 1.807) is 0 Å². The minimum atomic E-state index is -3.79. The van der Waals surface area contributed by atoms with Crippen molar-refractivity contribution in [2.24, 2.45) is 0 Å². The van der Waals surface area contributed by atoms with Gasteiger partial charge in [-0.1, -0.05) is 19.1 Å². The quantitative estimate of drug-likeness (QED) is 0.737. The van der Waals surface area contributed by atoms with Gasteiger partial charge in [0.05, 0.1) is 10.9 Å². The molecule has 0 radical (unpaired) electrons. The number of ketones is 1. The highest BCUT2D eigenvalue weighted by Gasteiger charge is 2.21. The van der Waals surface area contributed by atoms with Crippen LogP contribution in [0.1, 0.15) is 37.6 Å². The first-order chi connectivity index (χ1) is 9.77. The van der Waals surface area contributed by atoms with Crippen molar-refractivity contribution in [3.05, 3.63) is 29.8 Å². The van der Waals surface area contributed by atoms with Gasteiger partial charge in [0, 0.05) is 12.1 Å². The Morgan fingerprint density at radius 1 is 1.19 bits per heavy atom. The number of benzene rings is 1. The second-order valence-corrected chi connectivity index (χ2v) is 6.43. The number of sulfonamides is 1. The van der Waals surface area contributed by atoms with E-state index >= 15 is 0 Å². The number of amides is 1. The van der Waals surface area contributed by atoms with Crippen molar-refractivity contribution in [2.45, 2.75) is 38.1 Å². The molecule has 0 aliphatic heterocycles. The summed E-state index contributed by atoms with van der Waals surface area (Å²) in [5, 5.41) is 2.62. The molecule has 0 saturated carbocycles. The third-order valence-corrected chi connectivity index (χ3v) is 4.40. The molecule has 1 atom stereocenters. The van der Waals surface area contributed by atoms with E-state index in [4.69, 9.17) is 0 Å². The van der Waals surface area contributed by atoms with Gasteiger partial charge in [0.1, 0.15) is 0 Å². The fourth-order valence-corrected chi connectivity index (χ4v) is 2.83. The van der Waals surface area contributed by atoms with E-state index in [9.17, 15) is 18.0 Å². The van der Waals surface area contributed by atoms with Crippen molar-refractivity contribution in [3.63, 3.8) is 0 Å². The summed E-state index contributed by atoms with van der Waals surface area (Å²) >= 11 is 0. The molecule has 2 N–H and O–H groups in total. The molecule has 0 aromatic heterocycles. The van der Waals surface area contributed by atoms with Crippen molar-refractivity contribution >= 4 is 21.7 Å². The summed E-state index contributed by atoms with van der Waals surface area (Å²) in [6, 6.07) is 4.71. The van der Waals surface area contributed by atoms with Gasteiger partial charge in [-0.2, -0.15) is 4.72 Å². The highest BCUT2D eigenvalue weighted by molar-refractivity contribution is 7.89. The van der Waals surface area contributed by atoms with Crippen molar-refractivity contribution in [1.82, 2.24) is 10.0 Å². The SMILES string of the molecule is CCCNC(=O)C(C)NS(=O)(=O)c1ccc(C(C)=O)cc1. The molecule has 0 fully saturated rings. The Morgan fingerprint density at radius 2 is 1.76 bits per heavy atom. The smallest absolute Gasteiger partial charge is 0.241 e. The molecule has 1 aromatic rings. The summed E-state index contributed by atoms with van der Waals surface area (Å²) in [6.45, 7) is 5.29. The van der Waals surface area contributed by atoms with Crippen LogP contribution in [0.2, 0.25) is 0 Å². The van der Waals surface area contributed by atoms with Crippen molar-refractivity contribution in [3.8, 4) is 0 Å². The second kappa shape index (κ2) is 7.33. The highest BCUT2D eigenvalue weighted by Crippen LogP contribution is 2.11. The summed E-state index contributed by atoms with van der Waals surface area (Å²) in [5.41, 5.74) is 0.433. The molecule has 1 amide bonds. The number of Topliss-reactive ketones (excluding diaryl/α,β-unsaturated/α-hetero) is 1. The van der Waals surface area contributed by atoms with E-state index in [0.717, 1.165) is 6.42 Å². The molecule has 7 heteroatoms. The van der Waals surface area contributed by atoms with Crippen molar-refractivity contribution in [2.75, 3.05) is 6.54 Å². The monoisotopic (exact) mass is 312 g/mol. The van der Waals surface area contributed by atoms with Crippen LogP contribution in [0.25, 0.3) is 0 Å². The third-order valence-electron chi connectivity index (χ3n) is 2.85. The van der Waals surface area contributed by atoms with Gasteiger partial charge in [-0.05, 0) is 32.4 Å². The minimum absolute atomic E-state index is 0.0163. The van der Waals surface area contributed by atoms with E-state index in [1.807, 2.05) is 6.92 Å². The maximum Gasteiger partial charge on any atom is 0.241 e. The molecule has 0 spiro atoms. The number of carbonyl (C=O) groups excluding carboxylic acids is 2. The largest absolute Gasteiger partial charge is 0.355 e. The van der Waals surface area contributed by atoms with E-state index in [1.165, 1.54) is 38.1 Å². The molecular weight excluding hydrogens is 292 g/mol. The summed E-state index contributed by atoms with van der Waals surface area (Å²) < 4.78 is 26.6. The van der Waals surface area contributed by atoms with Crippen LogP contribution >= 0.6 is 0 Å². The summed E-state index contributed by atoms with van der Waals surface area (Å²) in [4.78, 5) is 22.8. The first kappa shape index (κ1) is 17.3. The molecule has 0 heterocycles. The Hall–Kier alpha value is -1.73. The lowest BCUT2D eigenvalue weighted by molar-refractivity contribution is -0.122. The zero-order valence-electron chi connectivity index (χ0n) is 12.3. The molecule has 0 aliphatic carbocycles. The molecule has 116 valence electrons. The number of carbonyl (C=O) groups is 2. The number of rotatable bonds is 7. The Morgan fingerprint density at radius 3 is 2.24 bits per heavy atom. The first-order valence-corrected chi connectivity index (χ1v) is 8.17. The van der Waals surface area contributed by atoms with Crippen LogP contribution in [0, 0.1) is 0 Å². The Bertz CT molecular complexity index is 608. The molecule has 0 bridgehead atoms. The van der Waals surface area contributed by atoms with E-state index in [-0.39, 0.29) is 16.6 Å². The van der Waals surface area contributed by atoms with Crippen LogP contribution in [-0.2, 0) is 14.8 Å². The van der Waals surface area contributed by atoms with Gasteiger partial charge in [0.2, 0.25) is 15.9 Å². The van der Waals surface area contributed by atoms with Crippen LogP contribution in [0.3, 0.4) is 0 Å². The minimum Gasteiger partial charge on any atom is -0.355 e. The zero-order valence-corrected chi connectivity index (χ0v) is 13.2. The molecule has 1 aromatic carbocycles. The van der Waals surface area contributed by atoms with E-state index < -0.39 is 16.1 Å². The average molecular weight is 312 g/mol. The standard InChI is InChI=1S/C14H20N2O4S/c1-4-9-15-14(18)10(2)16-21(19,20)13-7-5-12(6-8-13)11(3)17/h5-8,10,16H,4,9H2,1-3H3,(H,15,18). The maximum atomic E-state index is 12.1. The number of nitrogens with one attached hydrogen (secondary N) is 2. The molecule has 0 saturated heterocycles. The van der Waals surface area contributed by atoms with Gasteiger partial charge in [0.25, 0.3) is 0 Å². The lowest BCUT2D eigenvalue weighted by Gasteiger charge is -2.14. The molecule has 1 rings (SSSR count). The van der Waals surface area contributed by atoms with Gasteiger partial charge in [0.15, 0.2) is 5.78 Å². The molecule has 0 aliphatic rings. The second-order valence-electron chi connectivity index (χ2n) is 4.71. The Kier molecular flexibility index (Phi) is 6.04. The molecule has 1 unspecified atom stereocenters. The first-order valence-electron chi connectivity index (χ1n) is 6.69. The van der Waals surface area contributed by atoms with E-state index in [2.05, 4.69) is 10.0 Å². The Labute approximate surface area is 125 Å². The van der Waals surface area contributed by atoms with Gasteiger partial charge in [-0.25, -0.2) is 8.42 Å². The normalized spacial score (nSPS) is 12.7. The van der Waals surface area contributed by atoms with Crippen LogP contribution in [0.15, 0.2) is 29.2 Å². The lowest BCUT2D eigenvalue weighted by atomic mass is 10.2. The van der Waals surface area contributed by atoms with Crippen molar-refractivity contribution < 1.29 is 18.0 Å². The predicted molar refractivity (Wildman–Crippen MR) is 79.5 cm³/mol. The van der Waals surface area contributed by atoms with Gasteiger partial charge in [-0.15, -0.1) is 0 Å². The fraction of sp³-hybridized carbons (Fsp3) is 0.429. The molecule has 21 heavy (non-hydrogen) atoms. The lowest BCUT2D eigenvalue weighted by Crippen LogP contribution is -2.44. The van der Waals surface area contributed by atoms with Gasteiger partial charge < -0.3 is 5.32 Å². The molecular formula is C14H20N2O4S. The highest BCUT2D eigenvalue weighted by atomic mass is 32.2. The molecule has 6 nitrogen and oxygen atoms in total. The van der Waals surface area contributed by atoms with E-state index in [0.29, 0.717) is 12.1 Å².